The molecular formula is C19H21BrN2O. The first kappa shape index (κ1) is 16.2. The zero-order valence-corrected chi connectivity index (χ0v) is 14.6. The number of halogens is 1. The van der Waals surface area contributed by atoms with Gasteiger partial charge in [0, 0.05) is 11.0 Å². The average Bonchev–Trinajstić information content (AvgIpc) is 3.08. The number of carbonyl (C=O) groups is 1. The lowest BCUT2D eigenvalue weighted by molar-refractivity contribution is 0.0926. The number of rotatable bonds is 5. The zero-order valence-electron chi connectivity index (χ0n) is 13.0. The number of hydrogen-bond donors (Lipinski definition) is 1. The van der Waals surface area contributed by atoms with Crippen LogP contribution < -0.4 is 5.32 Å². The second-order valence-corrected chi connectivity index (χ2v) is 6.78. The molecule has 0 aliphatic carbocycles. The van der Waals surface area contributed by atoms with Crippen molar-refractivity contribution in [2.45, 2.75) is 18.9 Å². The minimum Gasteiger partial charge on any atom is -0.344 e. The molecule has 0 radical (unpaired) electrons. The third kappa shape index (κ3) is 4.21. The predicted molar refractivity (Wildman–Crippen MR) is 96.5 cm³/mol. The summed E-state index contributed by atoms with van der Waals surface area (Å²) < 4.78 is 0.825. The third-order valence-corrected chi connectivity index (χ3v) is 4.96. The summed E-state index contributed by atoms with van der Waals surface area (Å²) >= 11 is 3.46. The van der Waals surface area contributed by atoms with Crippen LogP contribution in [0.25, 0.3) is 0 Å². The van der Waals surface area contributed by atoms with Gasteiger partial charge in [-0.05, 0) is 59.6 Å². The van der Waals surface area contributed by atoms with E-state index in [0.717, 1.165) is 29.7 Å². The molecule has 4 heteroatoms. The minimum absolute atomic E-state index is 0.00825. The topological polar surface area (TPSA) is 32.3 Å². The standard InChI is InChI=1S/C19H21BrN2O/c20-17-11-5-4-10-16(17)19(23)21-18(14-22-12-6-7-13-22)15-8-2-1-3-9-15/h1-5,8-11,18H,6-7,12-14H2,(H,21,23). The Balaban J connectivity index is 1.78. The van der Waals surface area contributed by atoms with Crippen LogP contribution in [0.1, 0.15) is 34.8 Å². The highest BCUT2D eigenvalue weighted by Gasteiger charge is 2.21. The molecule has 1 unspecified atom stereocenters. The number of carbonyl (C=O) groups excluding carboxylic acids is 1. The Morgan fingerprint density at radius 1 is 1.04 bits per heavy atom. The Labute approximate surface area is 145 Å². The molecule has 120 valence electrons. The quantitative estimate of drug-likeness (QED) is 0.859. The first-order chi connectivity index (χ1) is 11.2. The lowest BCUT2D eigenvalue weighted by Crippen LogP contribution is -2.37. The van der Waals surface area contributed by atoms with Gasteiger partial charge in [-0.3, -0.25) is 4.79 Å². The van der Waals surface area contributed by atoms with Gasteiger partial charge in [0.15, 0.2) is 0 Å². The van der Waals surface area contributed by atoms with E-state index in [4.69, 9.17) is 0 Å². The largest absolute Gasteiger partial charge is 0.344 e. The van der Waals surface area contributed by atoms with Gasteiger partial charge in [0.1, 0.15) is 0 Å². The molecule has 3 nitrogen and oxygen atoms in total. The van der Waals surface area contributed by atoms with Gasteiger partial charge in [-0.1, -0.05) is 42.5 Å². The van der Waals surface area contributed by atoms with Crippen molar-refractivity contribution in [2.75, 3.05) is 19.6 Å². The van der Waals surface area contributed by atoms with Crippen LogP contribution in [0.5, 0.6) is 0 Å². The van der Waals surface area contributed by atoms with Crippen molar-refractivity contribution in [3.05, 3.63) is 70.2 Å². The second-order valence-electron chi connectivity index (χ2n) is 5.92. The second kappa shape index (κ2) is 7.75. The number of amides is 1. The molecule has 23 heavy (non-hydrogen) atoms. The summed E-state index contributed by atoms with van der Waals surface area (Å²) in [6, 6.07) is 17.8. The first-order valence-corrected chi connectivity index (χ1v) is 8.86. The summed E-state index contributed by atoms with van der Waals surface area (Å²) in [5, 5.41) is 3.21. The fourth-order valence-corrected chi connectivity index (χ4v) is 3.49. The molecule has 2 aromatic carbocycles. The van der Waals surface area contributed by atoms with E-state index in [9.17, 15) is 4.79 Å². The Bertz CT molecular complexity index is 653. The summed E-state index contributed by atoms with van der Waals surface area (Å²) in [5.41, 5.74) is 1.83. The number of nitrogens with zero attached hydrogens (tertiary/aromatic N) is 1. The summed E-state index contributed by atoms with van der Waals surface area (Å²) in [6.07, 6.45) is 2.50. The molecule has 1 amide bonds. The number of likely N-dealkylation sites (tertiary alicyclic amines) is 1. The van der Waals surface area contributed by atoms with E-state index in [-0.39, 0.29) is 11.9 Å². The highest BCUT2D eigenvalue weighted by Crippen LogP contribution is 2.20. The van der Waals surface area contributed by atoms with E-state index in [2.05, 4.69) is 38.3 Å². The molecule has 1 N–H and O–H groups in total. The fourth-order valence-electron chi connectivity index (χ4n) is 3.02. The van der Waals surface area contributed by atoms with Crippen LogP contribution in [-0.2, 0) is 0 Å². The van der Waals surface area contributed by atoms with Crippen molar-refractivity contribution >= 4 is 21.8 Å². The van der Waals surface area contributed by atoms with Gasteiger partial charge in [0.05, 0.1) is 11.6 Å². The molecule has 0 spiro atoms. The van der Waals surface area contributed by atoms with Crippen LogP contribution in [0.15, 0.2) is 59.1 Å². The van der Waals surface area contributed by atoms with Crippen LogP contribution in [0.2, 0.25) is 0 Å². The first-order valence-electron chi connectivity index (χ1n) is 8.07. The number of nitrogens with one attached hydrogen (secondary N) is 1. The molecule has 1 aliphatic heterocycles. The van der Waals surface area contributed by atoms with E-state index in [1.54, 1.807) is 0 Å². The van der Waals surface area contributed by atoms with Crippen LogP contribution >= 0.6 is 15.9 Å². The van der Waals surface area contributed by atoms with Gasteiger partial charge in [-0.15, -0.1) is 0 Å². The Morgan fingerprint density at radius 2 is 1.70 bits per heavy atom. The van der Waals surface area contributed by atoms with Crippen LogP contribution in [0, 0.1) is 0 Å². The molecule has 0 saturated carbocycles. The van der Waals surface area contributed by atoms with E-state index >= 15 is 0 Å². The molecule has 1 aliphatic rings. The van der Waals surface area contributed by atoms with E-state index in [1.807, 2.05) is 42.5 Å². The predicted octanol–water partition coefficient (Wildman–Crippen LogP) is 4.02. The molecule has 3 rings (SSSR count). The van der Waals surface area contributed by atoms with Crippen molar-refractivity contribution in [1.29, 1.82) is 0 Å². The smallest absolute Gasteiger partial charge is 0.252 e. The summed E-state index contributed by atoms with van der Waals surface area (Å²) in [7, 11) is 0. The lowest BCUT2D eigenvalue weighted by atomic mass is 10.1. The summed E-state index contributed by atoms with van der Waals surface area (Å²) in [4.78, 5) is 15.1. The van der Waals surface area contributed by atoms with Gasteiger partial charge in [0.25, 0.3) is 5.91 Å². The monoisotopic (exact) mass is 372 g/mol. The molecule has 1 fully saturated rings. The minimum atomic E-state index is -0.0366. The number of benzene rings is 2. The maximum atomic E-state index is 12.7. The number of hydrogen-bond acceptors (Lipinski definition) is 2. The van der Waals surface area contributed by atoms with Crippen molar-refractivity contribution in [3.63, 3.8) is 0 Å². The summed E-state index contributed by atoms with van der Waals surface area (Å²) in [6.45, 7) is 3.10. The van der Waals surface area contributed by atoms with Gasteiger partial charge < -0.3 is 10.2 Å². The molecule has 0 bridgehead atoms. The van der Waals surface area contributed by atoms with Crippen molar-refractivity contribution in [1.82, 2.24) is 10.2 Å². The maximum absolute atomic E-state index is 12.7. The zero-order chi connectivity index (χ0) is 16.1. The molecule has 2 aromatic rings. The molecule has 1 heterocycles. The van der Waals surface area contributed by atoms with Crippen molar-refractivity contribution in [3.8, 4) is 0 Å². The van der Waals surface area contributed by atoms with Crippen LogP contribution in [-0.4, -0.2) is 30.4 Å². The molecule has 1 saturated heterocycles. The van der Waals surface area contributed by atoms with E-state index in [0.29, 0.717) is 5.56 Å². The summed E-state index contributed by atoms with van der Waals surface area (Å²) in [5.74, 6) is -0.0366. The van der Waals surface area contributed by atoms with Gasteiger partial charge >= 0.3 is 0 Å². The molecule has 1 atom stereocenters. The Hall–Kier alpha value is -1.65. The normalized spacial score (nSPS) is 16.2. The van der Waals surface area contributed by atoms with E-state index < -0.39 is 0 Å². The van der Waals surface area contributed by atoms with Crippen molar-refractivity contribution in [2.24, 2.45) is 0 Å². The molecule has 0 aromatic heterocycles. The van der Waals surface area contributed by atoms with E-state index in [1.165, 1.54) is 12.8 Å². The van der Waals surface area contributed by atoms with Crippen molar-refractivity contribution < 1.29 is 4.79 Å². The SMILES string of the molecule is O=C(NC(CN1CCCC1)c1ccccc1)c1ccccc1Br. The highest BCUT2D eigenvalue weighted by atomic mass is 79.9. The van der Waals surface area contributed by atoms with Crippen LogP contribution in [0.4, 0.5) is 0 Å². The maximum Gasteiger partial charge on any atom is 0.252 e. The third-order valence-electron chi connectivity index (χ3n) is 4.27. The van der Waals surface area contributed by atoms with Gasteiger partial charge in [-0.2, -0.15) is 0 Å². The van der Waals surface area contributed by atoms with Crippen LogP contribution in [0.3, 0.4) is 0 Å². The lowest BCUT2D eigenvalue weighted by Gasteiger charge is -2.25. The Morgan fingerprint density at radius 3 is 2.39 bits per heavy atom. The van der Waals surface area contributed by atoms with Gasteiger partial charge in [-0.25, -0.2) is 0 Å². The average molecular weight is 373 g/mol. The highest BCUT2D eigenvalue weighted by molar-refractivity contribution is 9.10. The van der Waals surface area contributed by atoms with Gasteiger partial charge in [0.2, 0.25) is 0 Å². The fraction of sp³-hybridized carbons (Fsp3) is 0.316. The molecular weight excluding hydrogens is 352 g/mol. The Kier molecular flexibility index (Phi) is 5.47.